The first-order valence-corrected chi connectivity index (χ1v) is 7.77. The molecule has 1 fully saturated rings. The number of nitrogens with one attached hydrogen (secondary N) is 3. The van der Waals surface area contributed by atoms with Gasteiger partial charge in [-0.25, -0.2) is 9.59 Å². The highest BCUT2D eigenvalue weighted by molar-refractivity contribution is 5.96. The van der Waals surface area contributed by atoms with Crippen LogP contribution in [0, 0.1) is 0 Å². The molecule has 1 saturated carbocycles. The zero-order chi connectivity index (χ0) is 16.9. The Bertz CT molecular complexity index is 739. The van der Waals surface area contributed by atoms with Crippen molar-refractivity contribution in [1.82, 2.24) is 5.32 Å². The molecule has 24 heavy (non-hydrogen) atoms. The van der Waals surface area contributed by atoms with Crippen molar-refractivity contribution in [3.05, 3.63) is 54.1 Å². The summed E-state index contributed by atoms with van der Waals surface area (Å²) in [5.74, 6) is -0.395. The molecule has 3 rings (SSSR count). The second-order valence-electron chi connectivity index (χ2n) is 5.61. The van der Waals surface area contributed by atoms with Gasteiger partial charge in [-0.05, 0) is 49.2 Å². The number of rotatable bonds is 5. The minimum absolute atomic E-state index is 0.186. The molecule has 2 amide bonds. The van der Waals surface area contributed by atoms with Crippen LogP contribution in [-0.4, -0.2) is 25.2 Å². The van der Waals surface area contributed by atoms with E-state index >= 15 is 0 Å². The average molecular weight is 325 g/mol. The van der Waals surface area contributed by atoms with E-state index in [1.54, 1.807) is 24.3 Å². The van der Waals surface area contributed by atoms with Crippen LogP contribution in [-0.2, 0) is 4.74 Å². The molecule has 0 spiro atoms. The molecule has 0 atom stereocenters. The predicted octanol–water partition coefficient (Wildman–Crippen LogP) is 3.50. The summed E-state index contributed by atoms with van der Waals surface area (Å²) in [5.41, 5.74) is 2.64. The molecular formula is C18H19N3O3. The van der Waals surface area contributed by atoms with E-state index < -0.39 is 5.97 Å². The van der Waals surface area contributed by atoms with Crippen molar-refractivity contribution in [2.45, 2.75) is 18.9 Å². The fourth-order valence-corrected chi connectivity index (χ4v) is 2.25. The van der Waals surface area contributed by atoms with Crippen molar-refractivity contribution < 1.29 is 14.3 Å². The predicted molar refractivity (Wildman–Crippen MR) is 92.7 cm³/mol. The first-order valence-electron chi connectivity index (χ1n) is 7.77. The van der Waals surface area contributed by atoms with Crippen molar-refractivity contribution >= 4 is 29.1 Å². The number of carbonyl (C=O) groups is 2. The van der Waals surface area contributed by atoms with Gasteiger partial charge >= 0.3 is 12.0 Å². The van der Waals surface area contributed by atoms with Crippen molar-refractivity contribution in [2.75, 3.05) is 17.7 Å². The van der Waals surface area contributed by atoms with Crippen LogP contribution >= 0.6 is 0 Å². The van der Waals surface area contributed by atoms with Crippen LogP contribution in [0.5, 0.6) is 0 Å². The molecule has 6 heteroatoms. The van der Waals surface area contributed by atoms with Gasteiger partial charge in [0.15, 0.2) is 0 Å². The zero-order valence-corrected chi connectivity index (χ0v) is 13.3. The summed E-state index contributed by atoms with van der Waals surface area (Å²) in [6, 6.07) is 14.5. The van der Waals surface area contributed by atoms with Gasteiger partial charge in [-0.1, -0.05) is 12.1 Å². The number of ether oxygens (including phenoxy) is 1. The third-order valence-corrected chi connectivity index (χ3v) is 3.67. The topological polar surface area (TPSA) is 79.5 Å². The van der Waals surface area contributed by atoms with E-state index in [4.69, 9.17) is 4.74 Å². The lowest BCUT2D eigenvalue weighted by atomic mass is 10.1. The molecule has 1 aliphatic rings. The number of hydrogen-bond acceptors (Lipinski definition) is 4. The first-order chi connectivity index (χ1) is 11.7. The zero-order valence-electron chi connectivity index (χ0n) is 13.3. The molecule has 1 aliphatic carbocycles. The minimum Gasteiger partial charge on any atom is -0.465 e. The van der Waals surface area contributed by atoms with Gasteiger partial charge in [-0.3, -0.25) is 0 Å². The van der Waals surface area contributed by atoms with Crippen molar-refractivity contribution in [3.8, 4) is 0 Å². The van der Waals surface area contributed by atoms with Gasteiger partial charge in [-0.15, -0.1) is 0 Å². The highest BCUT2D eigenvalue weighted by atomic mass is 16.5. The van der Waals surface area contributed by atoms with E-state index in [-0.39, 0.29) is 6.03 Å². The monoisotopic (exact) mass is 325 g/mol. The lowest BCUT2D eigenvalue weighted by Gasteiger charge is -2.12. The lowest BCUT2D eigenvalue weighted by Crippen LogP contribution is -2.30. The molecule has 0 saturated heterocycles. The minimum atomic E-state index is -0.395. The molecule has 0 bridgehead atoms. The van der Waals surface area contributed by atoms with Crippen LogP contribution in [0.25, 0.3) is 0 Å². The molecule has 0 radical (unpaired) electrons. The molecule has 6 nitrogen and oxygen atoms in total. The standard InChI is InChI=1S/C18H19N3O3/c1-24-17(22)15-4-2-3-5-16(15)19-12-6-8-13(9-7-12)20-18(23)21-14-10-11-14/h2-9,14,19H,10-11H2,1H3,(H2,20,21,23). The van der Waals surface area contributed by atoms with Crippen molar-refractivity contribution in [2.24, 2.45) is 0 Å². The second-order valence-corrected chi connectivity index (χ2v) is 5.61. The summed E-state index contributed by atoms with van der Waals surface area (Å²) in [4.78, 5) is 23.5. The highest BCUT2D eigenvalue weighted by Gasteiger charge is 2.23. The molecule has 0 aliphatic heterocycles. The molecule has 2 aromatic rings. The Kier molecular flexibility index (Phi) is 4.65. The normalized spacial score (nSPS) is 13.0. The van der Waals surface area contributed by atoms with E-state index in [9.17, 15) is 9.59 Å². The Hall–Kier alpha value is -3.02. The number of para-hydroxylation sites is 1. The first kappa shape index (κ1) is 15.9. The molecule has 0 aromatic heterocycles. The van der Waals surface area contributed by atoms with E-state index in [0.717, 1.165) is 18.5 Å². The number of amides is 2. The van der Waals surface area contributed by atoms with E-state index in [1.807, 2.05) is 24.3 Å². The number of benzene rings is 2. The van der Waals surface area contributed by atoms with Gasteiger partial charge in [-0.2, -0.15) is 0 Å². The Morgan fingerprint density at radius 2 is 1.67 bits per heavy atom. The van der Waals surface area contributed by atoms with Gasteiger partial charge in [0.05, 0.1) is 18.4 Å². The number of anilines is 3. The number of methoxy groups -OCH3 is 1. The smallest absolute Gasteiger partial charge is 0.339 e. The average Bonchev–Trinajstić information content (AvgIpc) is 3.40. The SMILES string of the molecule is COC(=O)c1ccccc1Nc1ccc(NC(=O)NC2CC2)cc1. The van der Waals surface area contributed by atoms with Crippen LogP contribution < -0.4 is 16.0 Å². The molecule has 2 aromatic carbocycles. The number of urea groups is 1. The molecule has 124 valence electrons. The lowest BCUT2D eigenvalue weighted by molar-refractivity contribution is 0.0602. The van der Waals surface area contributed by atoms with Crippen LogP contribution in [0.2, 0.25) is 0 Å². The van der Waals surface area contributed by atoms with E-state index in [2.05, 4.69) is 16.0 Å². The second kappa shape index (κ2) is 7.04. The summed E-state index contributed by atoms with van der Waals surface area (Å²) in [5, 5.41) is 8.84. The van der Waals surface area contributed by atoms with Gasteiger partial charge in [0.25, 0.3) is 0 Å². The number of esters is 1. The van der Waals surface area contributed by atoms with Gasteiger partial charge in [0, 0.05) is 17.4 Å². The summed E-state index contributed by atoms with van der Waals surface area (Å²) in [6.07, 6.45) is 2.10. The van der Waals surface area contributed by atoms with Gasteiger partial charge in [0.2, 0.25) is 0 Å². The Labute approximate surface area is 140 Å². The third kappa shape index (κ3) is 4.04. The van der Waals surface area contributed by atoms with Crippen LogP contribution in [0.3, 0.4) is 0 Å². The third-order valence-electron chi connectivity index (χ3n) is 3.67. The number of hydrogen-bond donors (Lipinski definition) is 3. The largest absolute Gasteiger partial charge is 0.465 e. The Morgan fingerprint density at radius 3 is 2.33 bits per heavy atom. The summed E-state index contributed by atoms with van der Waals surface area (Å²) in [6.45, 7) is 0. The maximum Gasteiger partial charge on any atom is 0.339 e. The highest BCUT2D eigenvalue weighted by Crippen LogP contribution is 2.23. The maximum absolute atomic E-state index is 11.8. The molecule has 0 unspecified atom stereocenters. The molecule has 0 heterocycles. The summed E-state index contributed by atoms with van der Waals surface area (Å²) < 4.78 is 4.78. The van der Waals surface area contributed by atoms with Crippen LogP contribution in [0.4, 0.5) is 21.9 Å². The van der Waals surface area contributed by atoms with Crippen molar-refractivity contribution in [3.63, 3.8) is 0 Å². The summed E-state index contributed by atoms with van der Waals surface area (Å²) in [7, 11) is 1.35. The quantitative estimate of drug-likeness (QED) is 0.735. The fraction of sp³-hybridized carbons (Fsp3) is 0.222. The Morgan fingerprint density at radius 1 is 1.00 bits per heavy atom. The molecule has 3 N–H and O–H groups in total. The fourth-order valence-electron chi connectivity index (χ4n) is 2.25. The van der Waals surface area contributed by atoms with Gasteiger partial charge in [0.1, 0.15) is 0 Å². The van der Waals surface area contributed by atoms with Crippen LogP contribution in [0.1, 0.15) is 23.2 Å². The number of carbonyl (C=O) groups excluding carboxylic acids is 2. The van der Waals surface area contributed by atoms with Crippen molar-refractivity contribution in [1.29, 1.82) is 0 Å². The summed E-state index contributed by atoms with van der Waals surface area (Å²) >= 11 is 0. The Balaban J connectivity index is 1.66. The van der Waals surface area contributed by atoms with E-state index in [0.29, 0.717) is 23.0 Å². The molecular weight excluding hydrogens is 306 g/mol. The van der Waals surface area contributed by atoms with E-state index in [1.165, 1.54) is 7.11 Å². The van der Waals surface area contributed by atoms with Gasteiger partial charge < -0.3 is 20.7 Å². The van der Waals surface area contributed by atoms with Crippen LogP contribution in [0.15, 0.2) is 48.5 Å². The maximum atomic E-state index is 11.8.